The van der Waals surface area contributed by atoms with Crippen LogP contribution in [0, 0.1) is 11.3 Å². The second-order valence-electron chi connectivity index (χ2n) is 6.87. The molecule has 1 aliphatic carbocycles. The molecule has 0 heterocycles. The van der Waals surface area contributed by atoms with Gasteiger partial charge in [0.2, 0.25) is 0 Å². The van der Waals surface area contributed by atoms with Crippen molar-refractivity contribution < 1.29 is 5.11 Å². The fraction of sp³-hybridized carbons (Fsp3) is 1.00. The minimum Gasteiger partial charge on any atom is -0.392 e. The van der Waals surface area contributed by atoms with Gasteiger partial charge in [0.1, 0.15) is 0 Å². The fourth-order valence-electron chi connectivity index (χ4n) is 3.00. The normalized spacial score (nSPS) is 32.1. The third-order valence-corrected chi connectivity index (χ3v) is 6.94. The van der Waals surface area contributed by atoms with Crippen molar-refractivity contribution in [1.29, 1.82) is 0 Å². The zero-order chi connectivity index (χ0) is 14.6. The van der Waals surface area contributed by atoms with Gasteiger partial charge in [0.15, 0.2) is 0 Å². The number of aliphatic hydroxyl groups excluding tert-OH is 1. The first-order chi connectivity index (χ1) is 8.81. The van der Waals surface area contributed by atoms with E-state index in [-0.39, 0.29) is 6.10 Å². The second kappa shape index (κ2) is 7.33. The minimum absolute atomic E-state index is 0.220. The summed E-state index contributed by atoms with van der Waals surface area (Å²) in [5.74, 6) is 0.820. The molecule has 0 aromatic heterocycles. The fourth-order valence-corrected chi connectivity index (χ4v) is 4.58. The highest BCUT2D eigenvalue weighted by Crippen LogP contribution is 2.44. The van der Waals surface area contributed by atoms with Gasteiger partial charge in [-0.3, -0.25) is 0 Å². The number of aliphatic hydroxyl groups is 1. The van der Waals surface area contributed by atoms with E-state index in [0.29, 0.717) is 22.0 Å². The molecular weight excluding hydrogens is 254 g/mol. The molecule has 3 heteroatoms. The van der Waals surface area contributed by atoms with Crippen LogP contribution in [0.5, 0.6) is 0 Å². The van der Waals surface area contributed by atoms with Crippen LogP contribution in [0.1, 0.15) is 60.3 Å². The molecule has 5 atom stereocenters. The van der Waals surface area contributed by atoms with Crippen molar-refractivity contribution >= 4 is 11.8 Å². The van der Waals surface area contributed by atoms with Gasteiger partial charge in [0, 0.05) is 16.5 Å². The van der Waals surface area contributed by atoms with E-state index in [4.69, 9.17) is 0 Å². The summed E-state index contributed by atoms with van der Waals surface area (Å²) in [4.78, 5) is 0. The van der Waals surface area contributed by atoms with Gasteiger partial charge in [0.25, 0.3) is 0 Å². The quantitative estimate of drug-likeness (QED) is 0.781. The van der Waals surface area contributed by atoms with Crippen LogP contribution in [0.3, 0.4) is 0 Å². The first-order valence-electron chi connectivity index (χ1n) is 7.82. The maximum atomic E-state index is 9.74. The van der Waals surface area contributed by atoms with Crippen LogP contribution in [0.4, 0.5) is 0 Å². The third-order valence-electron chi connectivity index (χ3n) is 5.25. The molecule has 1 rings (SSSR count). The van der Waals surface area contributed by atoms with Crippen LogP contribution in [0.2, 0.25) is 0 Å². The zero-order valence-electron chi connectivity index (χ0n) is 13.6. The molecule has 0 amide bonds. The lowest BCUT2D eigenvalue weighted by atomic mass is 9.68. The van der Waals surface area contributed by atoms with E-state index in [0.717, 1.165) is 5.92 Å². The van der Waals surface area contributed by atoms with Gasteiger partial charge in [-0.1, -0.05) is 34.1 Å². The van der Waals surface area contributed by atoms with Crippen LogP contribution in [0.15, 0.2) is 0 Å². The van der Waals surface area contributed by atoms with E-state index in [1.807, 2.05) is 18.7 Å². The summed E-state index contributed by atoms with van der Waals surface area (Å²) in [6, 6.07) is 0.607. The predicted molar refractivity (Wildman–Crippen MR) is 86.8 cm³/mol. The van der Waals surface area contributed by atoms with Crippen LogP contribution in [-0.2, 0) is 0 Å². The summed E-state index contributed by atoms with van der Waals surface area (Å²) in [6.07, 6.45) is 4.93. The number of hydrogen-bond donors (Lipinski definition) is 2. The lowest BCUT2D eigenvalue weighted by Gasteiger charge is -2.43. The van der Waals surface area contributed by atoms with Gasteiger partial charge in [-0.25, -0.2) is 0 Å². The molecule has 2 nitrogen and oxygen atoms in total. The monoisotopic (exact) mass is 287 g/mol. The Morgan fingerprint density at radius 1 is 1.32 bits per heavy atom. The van der Waals surface area contributed by atoms with E-state index >= 15 is 0 Å². The molecule has 0 aromatic carbocycles. The molecule has 0 bridgehead atoms. The molecule has 2 N–H and O–H groups in total. The SMILES string of the molecule is CCC(C)(C)C1CCC(NC)C(SC(C)C(C)O)C1. The number of rotatable bonds is 6. The summed E-state index contributed by atoms with van der Waals surface area (Å²) < 4.78 is 0. The largest absolute Gasteiger partial charge is 0.392 e. The Kier molecular flexibility index (Phi) is 6.68. The summed E-state index contributed by atoms with van der Waals surface area (Å²) in [7, 11) is 2.08. The summed E-state index contributed by atoms with van der Waals surface area (Å²) in [6.45, 7) is 11.2. The Hall–Kier alpha value is 0.270. The van der Waals surface area contributed by atoms with Crippen molar-refractivity contribution in [2.75, 3.05) is 7.05 Å². The molecule has 114 valence electrons. The van der Waals surface area contributed by atoms with Gasteiger partial charge >= 0.3 is 0 Å². The molecule has 19 heavy (non-hydrogen) atoms. The Labute approximate surface area is 124 Å². The van der Waals surface area contributed by atoms with Crippen molar-refractivity contribution in [2.24, 2.45) is 11.3 Å². The first-order valence-corrected chi connectivity index (χ1v) is 8.76. The van der Waals surface area contributed by atoms with Crippen molar-refractivity contribution in [3.8, 4) is 0 Å². The number of thioether (sulfide) groups is 1. The standard InChI is InChI=1S/C16H33NOS/c1-7-16(4,5)13-8-9-14(17-6)15(10-13)19-12(3)11(2)18/h11-15,17-18H,7-10H2,1-6H3. The lowest BCUT2D eigenvalue weighted by Crippen LogP contribution is -2.44. The molecule has 1 fully saturated rings. The van der Waals surface area contributed by atoms with Gasteiger partial charge in [-0.05, 0) is 44.6 Å². The molecule has 0 aromatic rings. The maximum Gasteiger partial charge on any atom is 0.0628 e. The van der Waals surface area contributed by atoms with Crippen molar-refractivity contribution in [3.63, 3.8) is 0 Å². The molecule has 1 aliphatic rings. The average molecular weight is 288 g/mol. The van der Waals surface area contributed by atoms with E-state index in [9.17, 15) is 5.11 Å². The highest BCUT2D eigenvalue weighted by molar-refractivity contribution is 8.00. The first kappa shape index (κ1) is 17.3. The van der Waals surface area contributed by atoms with Gasteiger partial charge in [0.05, 0.1) is 6.10 Å². The van der Waals surface area contributed by atoms with Crippen LogP contribution in [0.25, 0.3) is 0 Å². The van der Waals surface area contributed by atoms with Crippen molar-refractivity contribution in [1.82, 2.24) is 5.32 Å². The van der Waals surface area contributed by atoms with E-state index in [2.05, 4.69) is 40.1 Å². The van der Waals surface area contributed by atoms with Crippen LogP contribution < -0.4 is 5.32 Å². The van der Waals surface area contributed by atoms with E-state index < -0.39 is 0 Å². The second-order valence-corrected chi connectivity index (χ2v) is 8.49. The average Bonchev–Trinajstić information content (AvgIpc) is 2.38. The van der Waals surface area contributed by atoms with Gasteiger partial charge in [-0.2, -0.15) is 11.8 Å². The minimum atomic E-state index is -0.220. The number of hydrogen-bond acceptors (Lipinski definition) is 3. The molecule has 0 saturated heterocycles. The summed E-state index contributed by atoms with van der Waals surface area (Å²) in [5, 5.41) is 14.2. The molecule has 0 spiro atoms. The third kappa shape index (κ3) is 4.64. The van der Waals surface area contributed by atoms with Crippen molar-refractivity contribution in [2.45, 2.75) is 82.9 Å². The highest BCUT2D eigenvalue weighted by atomic mass is 32.2. The van der Waals surface area contributed by atoms with Crippen LogP contribution >= 0.6 is 11.8 Å². The van der Waals surface area contributed by atoms with E-state index in [1.54, 1.807) is 0 Å². The summed E-state index contributed by atoms with van der Waals surface area (Å²) in [5.41, 5.74) is 0.450. The smallest absolute Gasteiger partial charge is 0.0628 e. The predicted octanol–water partition coefficient (Wildman–Crippen LogP) is 3.68. The molecule has 0 radical (unpaired) electrons. The zero-order valence-corrected chi connectivity index (χ0v) is 14.4. The number of nitrogens with one attached hydrogen (secondary N) is 1. The van der Waals surface area contributed by atoms with Crippen LogP contribution in [-0.4, -0.2) is 34.8 Å². The molecule has 1 saturated carbocycles. The Morgan fingerprint density at radius 3 is 2.42 bits per heavy atom. The maximum absolute atomic E-state index is 9.74. The Balaban J connectivity index is 2.68. The summed E-state index contributed by atoms with van der Waals surface area (Å²) >= 11 is 1.98. The molecular formula is C16H33NOS. The van der Waals surface area contributed by atoms with Gasteiger partial charge < -0.3 is 10.4 Å². The highest BCUT2D eigenvalue weighted by Gasteiger charge is 2.37. The Bertz CT molecular complexity index is 267. The van der Waals surface area contributed by atoms with E-state index in [1.165, 1.54) is 25.7 Å². The topological polar surface area (TPSA) is 32.3 Å². The van der Waals surface area contributed by atoms with Gasteiger partial charge in [-0.15, -0.1) is 0 Å². The molecule has 5 unspecified atom stereocenters. The van der Waals surface area contributed by atoms with Crippen molar-refractivity contribution in [3.05, 3.63) is 0 Å². The molecule has 0 aliphatic heterocycles. The Morgan fingerprint density at radius 2 is 1.95 bits per heavy atom. The lowest BCUT2D eigenvalue weighted by molar-refractivity contribution is 0.142.